The van der Waals surface area contributed by atoms with Gasteiger partial charge in [0, 0.05) is 21.7 Å². The SMILES string of the molecule is Cc1cc(C(=O)C(C)c2ccccc2)cs1. The van der Waals surface area contributed by atoms with Crippen LogP contribution in [0.2, 0.25) is 0 Å². The second-order valence-electron chi connectivity index (χ2n) is 3.94. The Kier molecular flexibility index (Phi) is 3.20. The van der Waals surface area contributed by atoms with Crippen LogP contribution in [0.5, 0.6) is 0 Å². The van der Waals surface area contributed by atoms with Crippen LogP contribution in [0, 0.1) is 6.92 Å². The van der Waals surface area contributed by atoms with Crippen LogP contribution >= 0.6 is 11.3 Å². The third kappa shape index (κ3) is 2.22. The van der Waals surface area contributed by atoms with E-state index in [2.05, 4.69) is 0 Å². The fraction of sp³-hybridized carbons (Fsp3) is 0.214. The molecule has 1 unspecified atom stereocenters. The van der Waals surface area contributed by atoms with Gasteiger partial charge in [-0.1, -0.05) is 37.3 Å². The minimum absolute atomic E-state index is 0.0600. The van der Waals surface area contributed by atoms with Crippen molar-refractivity contribution in [3.63, 3.8) is 0 Å². The van der Waals surface area contributed by atoms with Crippen LogP contribution in [0.4, 0.5) is 0 Å². The van der Waals surface area contributed by atoms with Gasteiger partial charge in [0.15, 0.2) is 5.78 Å². The smallest absolute Gasteiger partial charge is 0.170 e. The first-order valence-corrected chi connectivity index (χ1v) is 6.21. The summed E-state index contributed by atoms with van der Waals surface area (Å²) in [6.45, 7) is 3.99. The Morgan fingerprint density at radius 3 is 2.50 bits per heavy atom. The molecule has 0 fully saturated rings. The Bertz CT molecular complexity index is 484. The van der Waals surface area contributed by atoms with Gasteiger partial charge in [-0.15, -0.1) is 11.3 Å². The first-order valence-electron chi connectivity index (χ1n) is 5.33. The zero-order valence-electron chi connectivity index (χ0n) is 9.44. The van der Waals surface area contributed by atoms with Gasteiger partial charge in [-0.3, -0.25) is 4.79 Å². The fourth-order valence-electron chi connectivity index (χ4n) is 1.72. The Balaban J connectivity index is 2.23. The molecule has 0 aliphatic heterocycles. The molecule has 0 saturated carbocycles. The lowest BCUT2D eigenvalue weighted by Crippen LogP contribution is -2.08. The normalized spacial score (nSPS) is 12.4. The predicted molar refractivity (Wildman–Crippen MR) is 68.2 cm³/mol. The number of thiophene rings is 1. The quantitative estimate of drug-likeness (QED) is 0.727. The van der Waals surface area contributed by atoms with Crippen LogP contribution in [-0.4, -0.2) is 5.78 Å². The van der Waals surface area contributed by atoms with Gasteiger partial charge in [-0.25, -0.2) is 0 Å². The topological polar surface area (TPSA) is 17.1 Å². The molecule has 2 heteroatoms. The number of aryl methyl sites for hydroxylation is 1. The number of hydrogen-bond acceptors (Lipinski definition) is 2. The van der Waals surface area contributed by atoms with Gasteiger partial charge in [0.25, 0.3) is 0 Å². The third-order valence-corrected chi connectivity index (χ3v) is 3.57. The predicted octanol–water partition coefficient (Wildman–Crippen LogP) is 4.04. The highest BCUT2D eigenvalue weighted by molar-refractivity contribution is 7.10. The Morgan fingerprint density at radius 2 is 1.94 bits per heavy atom. The Hall–Kier alpha value is -1.41. The Labute approximate surface area is 99.8 Å². The molecule has 1 heterocycles. The molecular weight excluding hydrogens is 216 g/mol. The van der Waals surface area contributed by atoms with Gasteiger partial charge in [0.05, 0.1) is 0 Å². The van der Waals surface area contributed by atoms with Crippen molar-refractivity contribution >= 4 is 17.1 Å². The molecule has 0 spiro atoms. The summed E-state index contributed by atoms with van der Waals surface area (Å²) in [7, 11) is 0. The molecule has 2 rings (SSSR count). The number of Topliss-reactive ketones (excluding diaryl/α,β-unsaturated/α-hetero) is 1. The molecule has 0 bridgehead atoms. The first kappa shape index (κ1) is 11.1. The van der Waals surface area contributed by atoms with Crippen LogP contribution in [0.25, 0.3) is 0 Å². The van der Waals surface area contributed by atoms with Crippen molar-refractivity contribution in [2.24, 2.45) is 0 Å². The maximum Gasteiger partial charge on any atom is 0.170 e. The summed E-state index contributed by atoms with van der Waals surface area (Å²) in [6, 6.07) is 11.9. The van der Waals surface area contributed by atoms with Crippen LogP contribution in [0.1, 0.15) is 33.6 Å². The van der Waals surface area contributed by atoms with E-state index in [-0.39, 0.29) is 11.7 Å². The second kappa shape index (κ2) is 4.62. The molecular formula is C14H14OS. The number of carbonyl (C=O) groups excluding carboxylic acids is 1. The maximum atomic E-state index is 12.2. The van der Waals surface area contributed by atoms with Crippen LogP contribution < -0.4 is 0 Å². The van der Waals surface area contributed by atoms with E-state index in [0.29, 0.717) is 0 Å². The second-order valence-corrected chi connectivity index (χ2v) is 5.06. The molecule has 1 aromatic heterocycles. The van der Waals surface area contributed by atoms with Gasteiger partial charge in [-0.2, -0.15) is 0 Å². The van der Waals surface area contributed by atoms with E-state index in [0.717, 1.165) is 11.1 Å². The highest BCUT2D eigenvalue weighted by Gasteiger charge is 2.17. The van der Waals surface area contributed by atoms with E-state index >= 15 is 0 Å². The zero-order chi connectivity index (χ0) is 11.5. The summed E-state index contributed by atoms with van der Waals surface area (Å²) in [6.07, 6.45) is 0. The minimum Gasteiger partial charge on any atom is -0.293 e. The summed E-state index contributed by atoms with van der Waals surface area (Å²) in [4.78, 5) is 13.3. The van der Waals surface area contributed by atoms with Crippen molar-refractivity contribution in [3.8, 4) is 0 Å². The fourth-order valence-corrected chi connectivity index (χ4v) is 2.41. The van der Waals surface area contributed by atoms with Crippen molar-refractivity contribution in [1.82, 2.24) is 0 Å². The highest BCUT2D eigenvalue weighted by Crippen LogP contribution is 2.23. The summed E-state index contributed by atoms with van der Waals surface area (Å²) in [5, 5.41) is 1.94. The van der Waals surface area contributed by atoms with E-state index in [1.54, 1.807) is 11.3 Å². The molecule has 16 heavy (non-hydrogen) atoms. The van der Waals surface area contributed by atoms with E-state index in [4.69, 9.17) is 0 Å². The molecule has 1 aromatic carbocycles. The van der Waals surface area contributed by atoms with Gasteiger partial charge < -0.3 is 0 Å². The lowest BCUT2D eigenvalue weighted by atomic mass is 9.94. The molecule has 82 valence electrons. The van der Waals surface area contributed by atoms with Crippen LogP contribution in [0.15, 0.2) is 41.8 Å². The first-order chi connectivity index (χ1) is 7.68. The lowest BCUT2D eigenvalue weighted by molar-refractivity contribution is 0.0966. The number of rotatable bonds is 3. The average Bonchev–Trinajstić information content (AvgIpc) is 2.75. The van der Waals surface area contributed by atoms with Gasteiger partial charge in [0.1, 0.15) is 0 Å². The van der Waals surface area contributed by atoms with Crippen molar-refractivity contribution in [2.75, 3.05) is 0 Å². The van der Waals surface area contributed by atoms with Crippen LogP contribution in [0.3, 0.4) is 0 Å². The van der Waals surface area contributed by atoms with Crippen LogP contribution in [-0.2, 0) is 0 Å². The van der Waals surface area contributed by atoms with E-state index < -0.39 is 0 Å². The van der Waals surface area contributed by atoms with Crippen molar-refractivity contribution in [1.29, 1.82) is 0 Å². The molecule has 1 atom stereocenters. The van der Waals surface area contributed by atoms with Crippen molar-refractivity contribution < 1.29 is 4.79 Å². The maximum absolute atomic E-state index is 12.2. The molecule has 0 N–H and O–H groups in total. The van der Waals surface area contributed by atoms with E-state index in [1.165, 1.54) is 4.88 Å². The number of benzene rings is 1. The third-order valence-electron chi connectivity index (χ3n) is 2.71. The summed E-state index contributed by atoms with van der Waals surface area (Å²) < 4.78 is 0. The highest BCUT2D eigenvalue weighted by atomic mass is 32.1. The number of ketones is 1. The average molecular weight is 230 g/mol. The van der Waals surface area contributed by atoms with Gasteiger partial charge in [0.2, 0.25) is 0 Å². The molecule has 0 aliphatic carbocycles. The molecule has 1 nitrogen and oxygen atoms in total. The minimum atomic E-state index is -0.0600. The molecule has 0 amide bonds. The summed E-state index contributed by atoms with van der Waals surface area (Å²) in [5.74, 6) is 0.144. The molecule has 0 radical (unpaired) electrons. The zero-order valence-corrected chi connectivity index (χ0v) is 10.3. The van der Waals surface area contributed by atoms with E-state index in [1.807, 2.05) is 55.6 Å². The molecule has 0 aliphatic rings. The summed E-state index contributed by atoms with van der Waals surface area (Å²) in [5.41, 5.74) is 1.91. The van der Waals surface area contributed by atoms with Crippen molar-refractivity contribution in [2.45, 2.75) is 19.8 Å². The number of hydrogen-bond donors (Lipinski definition) is 0. The molecule has 0 saturated heterocycles. The van der Waals surface area contributed by atoms with Gasteiger partial charge >= 0.3 is 0 Å². The molecule has 2 aromatic rings. The van der Waals surface area contributed by atoms with Crippen molar-refractivity contribution in [3.05, 3.63) is 57.8 Å². The largest absolute Gasteiger partial charge is 0.293 e. The van der Waals surface area contributed by atoms with E-state index in [9.17, 15) is 4.79 Å². The monoisotopic (exact) mass is 230 g/mol. The Morgan fingerprint density at radius 1 is 1.25 bits per heavy atom. The lowest BCUT2D eigenvalue weighted by Gasteiger charge is -2.09. The summed E-state index contributed by atoms with van der Waals surface area (Å²) >= 11 is 1.62. The standard InChI is InChI=1S/C14H14OS/c1-10-8-13(9-16-10)14(15)11(2)12-6-4-3-5-7-12/h3-9,11H,1-2H3. The number of carbonyl (C=O) groups is 1. The van der Waals surface area contributed by atoms with Gasteiger partial charge in [-0.05, 0) is 18.6 Å².